The Hall–Kier alpha value is -0.360. The molecule has 2 unspecified atom stereocenters. The standard InChI is InChI=1S/C11H15ClN2O2S/c12-10-9(5-15)17-11(13-10)14-6-1-2-7(14)4-8(16)3-6/h6-8,15-16H,1-5H2. The first-order valence-electron chi connectivity index (χ1n) is 5.91. The van der Waals surface area contributed by atoms with E-state index in [4.69, 9.17) is 16.7 Å². The zero-order valence-electron chi connectivity index (χ0n) is 9.34. The molecule has 0 spiro atoms. The van der Waals surface area contributed by atoms with Crippen molar-refractivity contribution < 1.29 is 10.2 Å². The van der Waals surface area contributed by atoms with Crippen LogP contribution in [0.4, 0.5) is 5.13 Å². The summed E-state index contributed by atoms with van der Waals surface area (Å²) in [6.07, 6.45) is 3.71. The Balaban J connectivity index is 1.89. The van der Waals surface area contributed by atoms with E-state index in [0.717, 1.165) is 35.7 Å². The van der Waals surface area contributed by atoms with Crippen LogP contribution >= 0.6 is 22.9 Å². The third kappa shape index (κ3) is 1.95. The van der Waals surface area contributed by atoms with Gasteiger partial charge in [-0.25, -0.2) is 4.98 Å². The van der Waals surface area contributed by atoms with Crippen molar-refractivity contribution in [1.29, 1.82) is 0 Å². The molecule has 17 heavy (non-hydrogen) atoms. The summed E-state index contributed by atoms with van der Waals surface area (Å²) in [4.78, 5) is 7.36. The molecular formula is C11H15ClN2O2S. The average Bonchev–Trinajstić information content (AvgIpc) is 2.77. The minimum atomic E-state index is -0.170. The highest BCUT2D eigenvalue weighted by Crippen LogP contribution is 2.42. The number of fused-ring (bicyclic) bond motifs is 2. The quantitative estimate of drug-likeness (QED) is 0.863. The van der Waals surface area contributed by atoms with Crippen LogP contribution in [0.1, 0.15) is 30.6 Å². The van der Waals surface area contributed by atoms with Crippen molar-refractivity contribution in [2.45, 2.75) is 50.5 Å². The molecular weight excluding hydrogens is 260 g/mol. The van der Waals surface area contributed by atoms with Crippen LogP contribution in [-0.4, -0.2) is 33.4 Å². The number of thiazole rings is 1. The van der Waals surface area contributed by atoms with Gasteiger partial charge in [-0.2, -0.15) is 0 Å². The lowest BCUT2D eigenvalue weighted by Crippen LogP contribution is -2.44. The van der Waals surface area contributed by atoms with Crippen LogP contribution in [-0.2, 0) is 6.61 Å². The fourth-order valence-corrected chi connectivity index (χ4v) is 4.25. The molecule has 6 heteroatoms. The molecule has 94 valence electrons. The predicted octanol–water partition coefficient (Wildman–Crippen LogP) is 1.78. The van der Waals surface area contributed by atoms with E-state index in [2.05, 4.69) is 9.88 Å². The normalized spacial score (nSPS) is 32.2. The first-order valence-corrected chi connectivity index (χ1v) is 7.11. The summed E-state index contributed by atoms with van der Waals surface area (Å²) in [6, 6.07) is 0.773. The fraction of sp³-hybridized carbons (Fsp3) is 0.727. The van der Waals surface area contributed by atoms with Gasteiger partial charge in [-0.05, 0) is 25.7 Å². The van der Waals surface area contributed by atoms with Gasteiger partial charge in [-0.1, -0.05) is 22.9 Å². The van der Waals surface area contributed by atoms with Gasteiger partial charge in [0, 0.05) is 12.1 Å². The zero-order chi connectivity index (χ0) is 12.0. The van der Waals surface area contributed by atoms with E-state index in [-0.39, 0.29) is 12.7 Å². The molecule has 2 N–H and O–H groups in total. The van der Waals surface area contributed by atoms with E-state index >= 15 is 0 Å². The number of anilines is 1. The number of hydrogen-bond acceptors (Lipinski definition) is 5. The minimum absolute atomic E-state index is 0.0533. The van der Waals surface area contributed by atoms with Crippen LogP contribution in [0.5, 0.6) is 0 Å². The number of hydrogen-bond donors (Lipinski definition) is 2. The fourth-order valence-electron chi connectivity index (χ4n) is 2.99. The van der Waals surface area contributed by atoms with Crippen molar-refractivity contribution in [2.24, 2.45) is 0 Å². The Bertz CT molecular complexity index is 412. The summed E-state index contributed by atoms with van der Waals surface area (Å²) in [7, 11) is 0. The van der Waals surface area contributed by atoms with Crippen LogP contribution in [0.3, 0.4) is 0 Å². The second-order valence-corrected chi connectivity index (χ2v) is 6.21. The molecule has 0 radical (unpaired) electrons. The van der Waals surface area contributed by atoms with Crippen LogP contribution in [0.15, 0.2) is 0 Å². The average molecular weight is 275 g/mol. The molecule has 0 amide bonds. The van der Waals surface area contributed by atoms with Crippen LogP contribution < -0.4 is 4.90 Å². The van der Waals surface area contributed by atoms with Gasteiger partial charge < -0.3 is 15.1 Å². The molecule has 0 aromatic carbocycles. The molecule has 2 saturated heterocycles. The summed E-state index contributed by atoms with van der Waals surface area (Å²) in [6.45, 7) is -0.0533. The molecule has 2 bridgehead atoms. The molecule has 3 heterocycles. The summed E-state index contributed by atoms with van der Waals surface area (Å²) < 4.78 is 0. The molecule has 0 saturated carbocycles. The highest BCUT2D eigenvalue weighted by atomic mass is 35.5. The van der Waals surface area contributed by atoms with Gasteiger partial charge in [0.2, 0.25) is 0 Å². The Morgan fingerprint density at radius 3 is 2.53 bits per heavy atom. The van der Waals surface area contributed by atoms with Crippen molar-refractivity contribution in [3.63, 3.8) is 0 Å². The number of aliphatic hydroxyl groups is 2. The van der Waals surface area contributed by atoms with Gasteiger partial charge in [0.15, 0.2) is 5.13 Å². The van der Waals surface area contributed by atoms with Crippen LogP contribution in [0.2, 0.25) is 5.15 Å². The molecule has 2 atom stereocenters. The molecule has 2 aliphatic heterocycles. The molecule has 3 rings (SSSR count). The summed E-state index contributed by atoms with van der Waals surface area (Å²) >= 11 is 7.44. The number of aromatic nitrogens is 1. The maximum Gasteiger partial charge on any atom is 0.187 e. The van der Waals surface area contributed by atoms with Gasteiger partial charge in [0.25, 0.3) is 0 Å². The number of nitrogens with zero attached hydrogens (tertiary/aromatic N) is 2. The van der Waals surface area contributed by atoms with Crippen molar-refractivity contribution >= 4 is 28.1 Å². The van der Waals surface area contributed by atoms with E-state index in [1.54, 1.807) is 0 Å². The van der Waals surface area contributed by atoms with Gasteiger partial charge in [-0.3, -0.25) is 0 Å². The minimum Gasteiger partial charge on any atom is -0.393 e. The van der Waals surface area contributed by atoms with Crippen LogP contribution in [0.25, 0.3) is 0 Å². The Kier molecular flexibility index (Phi) is 3.02. The van der Waals surface area contributed by atoms with Gasteiger partial charge in [0.1, 0.15) is 5.15 Å². The molecule has 1 aromatic heterocycles. The van der Waals surface area contributed by atoms with Crippen molar-refractivity contribution in [1.82, 2.24) is 4.98 Å². The molecule has 4 nitrogen and oxygen atoms in total. The smallest absolute Gasteiger partial charge is 0.187 e. The highest BCUT2D eigenvalue weighted by molar-refractivity contribution is 7.16. The molecule has 2 aliphatic rings. The zero-order valence-corrected chi connectivity index (χ0v) is 10.9. The van der Waals surface area contributed by atoms with Gasteiger partial charge in [0.05, 0.1) is 17.6 Å². The lowest BCUT2D eigenvalue weighted by molar-refractivity contribution is 0.126. The SMILES string of the molecule is OCc1sc(N2C3CCC2CC(O)C3)nc1Cl. The van der Waals surface area contributed by atoms with Crippen LogP contribution in [0, 0.1) is 0 Å². The second kappa shape index (κ2) is 4.39. The lowest BCUT2D eigenvalue weighted by Gasteiger charge is -2.36. The lowest BCUT2D eigenvalue weighted by atomic mass is 10.0. The summed E-state index contributed by atoms with van der Waals surface area (Å²) in [5.41, 5.74) is 0. The van der Waals surface area contributed by atoms with E-state index in [9.17, 15) is 5.11 Å². The maximum atomic E-state index is 9.75. The van der Waals surface area contributed by atoms with Gasteiger partial charge >= 0.3 is 0 Å². The van der Waals surface area contributed by atoms with E-state index < -0.39 is 0 Å². The summed E-state index contributed by atoms with van der Waals surface area (Å²) in [5, 5.41) is 20.2. The first kappa shape index (κ1) is 11.7. The third-order valence-corrected chi connectivity index (χ3v) is 5.19. The number of aliphatic hydroxyl groups excluding tert-OH is 2. The van der Waals surface area contributed by atoms with E-state index in [1.807, 2.05) is 0 Å². The molecule has 0 aliphatic carbocycles. The topological polar surface area (TPSA) is 56.6 Å². The van der Waals surface area contributed by atoms with Crippen molar-refractivity contribution in [3.8, 4) is 0 Å². The monoisotopic (exact) mass is 274 g/mol. The van der Waals surface area contributed by atoms with E-state index in [0.29, 0.717) is 17.2 Å². The van der Waals surface area contributed by atoms with Crippen molar-refractivity contribution in [3.05, 3.63) is 10.0 Å². The summed E-state index contributed by atoms with van der Waals surface area (Å²) in [5.74, 6) is 0. The number of rotatable bonds is 2. The molecule has 1 aromatic rings. The third-order valence-electron chi connectivity index (χ3n) is 3.71. The second-order valence-electron chi connectivity index (χ2n) is 4.79. The largest absolute Gasteiger partial charge is 0.393 e. The Labute approximate surface area is 109 Å². The Morgan fingerprint density at radius 1 is 1.35 bits per heavy atom. The van der Waals surface area contributed by atoms with E-state index in [1.165, 1.54) is 11.3 Å². The Morgan fingerprint density at radius 2 is 2.00 bits per heavy atom. The van der Waals surface area contributed by atoms with Crippen molar-refractivity contribution in [2.75, 3.05) is 4.90 Å². The first-order chi connectivity index (χ1) is 8.19. The number of halogens is 1. The highest BCUT2D eigenvalue weighted by Gasteiger charge is 2.41. The predicted molar refractivity (Wildman–Crippen MR) is 67.6 cm³/mol. The number of piperidine rings is 1. The maximum absolute atomic E-state index is 9.75. The molecule has 2 fully saturated rings. The van der Waals surface area contributed by atoms with Gasteiger partial charge in [-0.15, -0.1) is 0 Å².